The van der Waals surface area contributed by atoms with Crippen molar-refractivity contribution in [2.24, 2.45) is 5.10 Å². The second-order valence-electron chi connectivity index (χ2n) is 7.96. The molecule has 8 nitrogen and oxygen atoms in total. The standard InChI is InChI=1S/C22H17Cl2N5O3/c1-11-18(10-25)28-29(21(31)26-11)13-7-16(23)19(17(24)8-13)32-14-4-5-15-12(6-14)9-22(2,3)27-20(15)30/h4-8H,1,9H2,2-3H3,(H,26,31)(H,27,30). The number of allylic oxidation sites excluding steroid dienone is 1. The van der Waals surface area contributed by atoms with Gasteiger partial charge in [0.2, 0.25) is 0 Å². The van der Waals surface area contributed by atoms with Gasteiger partial charge in [-0.25, -0.2) is 4.79 Å². The van der Waals surface area contributed by atoms with E-state index in [1.165, 1.54) is 12.1 Å². The minimum absolute atomic E-state index is 0.0433. The molecule has 32 heavy (non-hydrogen) atoms. The number of amides is 3. The van der Waals surface area contributed by atoms with Crippen molar-refractivity contribution in [1.82, 2.24) is 10.6 Å². The number of ether oxygens (including phenoxy) is 1. The maximum absolute atomic E-state index is 12.3. The number of nitriles is 1. The van der Waals surface area contributed by atoms with Gasteiger partial charge in [-0.15, -0.1) is 0 Å². The Morgan fingerprint density at radius 1 is 1.22 bits per heavy atom. The van der Waals surface area contributed by atoms with Crippen LogP contribution in [0.1, 0.15) is 29.8 Å². The van der Waals surface area contributed by atoms with Gasteiger partial charge in [0.15, 0.2) is 11.5 Å². The molecule has 0 unspecified atom stereocenters. The van der Waals surface area contributed by atoms with Crippen molar-refractivity contribution in [2.75, 3.05) is 5.01 Å². The monoisotopic (exact) mass is 469 g/mol. The molecule has 2 aliphatic heterocycles. The van der Waals surface area contributed by atoms with Gasteiger partial charge < -0.3 is 15.4 Å². The van der Waals surface area contributed by atoms with Gasteiger partial charge in [-0.2, -0.15) is 15.4 Å². The Bertz CT molecular complexity index is 1240. The number of rotatable bonds is 3. The van der Waals surface area contributed by atoms with Crippen molar-refractivity contribution in [3.8, 4) is 17.6 Å². The van der Waals surface area contributed by atoms with Gasteiger partial charge in [-0.1, -0.05) is 29.8 Å². The maximum atomic E-state index is 12.3. The summed E-state index contributed by atoms with van der Waals surface area (Å²) in [4.78, 5) is 24.6. The lowest BCUT2D eigenvalue weighted by atomic mass is 9.87. The number of hydrogen-bond acceptors (Lipinski definition) is 5. The molecule has 0 spiro atoms. The van der Waals surface area contributed by atoms with Crippen LogP contribution in [0, 0.1) is 11.3 Å². The summed E-state index contributed by atoms with van der Waals surface area (Å²) in [5, 5.41) is 19.8. The van der Waals surface area contributed by atoms with Gasteiger partial charge in [-0.05, 0) is 56.2 Å². The highest BCUT2D eigenvalue weighted by Gasteiger charge is 2.30. The van der Waals surface area contributed by atoms with Crippen LogP contribution in [0.15, 0.2) is 47.7 Å². The van der Waals surface area contributed by atoms with E-state index < -0.39 is 6.03 Å². The van der Waals surface area contributed by atoms with Gasteiger partial charge in [0.1, 0.15) is 11.8 Å². The minimum Gasteiger partial charge on any atom is -0.454 e. The first-order chi connectivity index (χ1) is 15.1. The van der Waals surface area contributed by atoms with Crippen LogP contribution in [0.4, 0.5) is 10.5 Å². The number of hydrogen-bond donors (Lipinski definition) is 2. The van der Waals surface area contributed by atoms with Gasteiger partial charge in [-0.3, -0.25) is 4.79 Å². The van der Waals surface area contributed by atoms with E-state index in [1.807, 2.05) is 19.9 Å². The largest absolute Gasteiger partial charge is 0.454 e. The zero-order valence-corrected chi connectivity index (χ0v) is 18.6. The summed E-state index contributed by atoms with van der Waals surface area (Å²) in [5.41, 5.74) is 1.38. The van der Waals surface area contributed by atoms with E-state index in [0.29, 0.717) is 17.7 Å². The minimum atomic E-state index is -0.606. The van der Waals surface area contributed by atoms with E-state index in [2.05, 4.69) is 22.3 Å². The Morgan fingerprint density at radius 3 is 2.56 bits per heavy atom. The molecule has 10 heteroatoms. The number of hydrazone groups is 1. The maximum Gasteiger partial charge on any atom is 0.347 e. The topological polar surface area (TPSA) is 107 Å². The number of benzene rings is 2. The summed E-state index contributed by atoms with van der Waals surface area (Å²) in [6.07, 6.45) is 0.639. The Labute approximate surface area is 194 Å². The normalized spacial score (nSPS) is 17.0. The molecule has 2 heterocycles. The first kappa shape index (κ1) is 21.7. The predicted molar refractivity (Wildman–Crippen MR) is 121 cm³/mol. The molecule has 2 aromatic rings. The molecule has 0 saturated carbocycles. The Hall–Kier alpha value is -3.54. The highest BCUT2D eigenvalue weighted by molar-refractivity contribution is 6.37. The van der Waals surface area contributed by atoms with Crippen LogP contribution in [0.3, 0.4) is 0 Å². The van der Waals surface area contributed by atoms with Crippen LogP contribution in [0.2, 0.25) is 10.0 Å². The fourth-order valence-corrected chi connectivity index (χ4v) is 4.05. The molecule has 3 amide bonds. The number of fused-ring (bicyclic) bond motifs is 1. The molecule has 0 atom stereocenters. The average molecular weight is 470 g/mol. The third kappa shape index (κ3) is 4.00. The molecule has 2 N–H and O–H groups in total. The SMILES string of the molecule is C=C1NC(=O)N(c2cc(Cl)c(Oc3ccc4c(c3)CC(C)(C)NC4=O)c(Cl)c2)N=C1C#N. The van der Waals surface area contributed by atoms with Gasteiger partial charge in [0.05, 0.1) is 21.4 Å². The molecule has 2 aromatic carbocycles. The summed E-state index contributed by atoms with van der Waals surface area (Å²) in [6, 6.07) is 9.27. The lowest BCUT2D eigenvalue weighted by Gasteiger charge is -2.32. The average Bonchev–Trinajstić information content (AvgIpc) is 2.69. The van der Waals surface area contributed by atoms with Crippen LogP contribution < -0.4 is 20.4 Å². The van der Waals surface area contributed by atoms with Crippen LogP contribution in [-0.2, 0) is 6.42 Å². The zero-order chi connectivity index (χ0) is 23.2. The third-order valence-electron chi connectivity index (χ3n) is 4.90. The molecule has 2 aliphatic rings. The van der Waals surface area contributed by atoms with Crippen molar-refractivity contribution < 1.29 is 14.3 Å². The smallest absolute Gasteiger partial charge is 0.347 e. The Kier molecular flexibility index (Phi) is 5.33. The van der Waals surface area contributed by atoms with E-state index in [1.54, 1.807) is 18.2 Å². The molecule has 0 aromatic heterocycles. The highest BCUT2D eigenvalue weighted by Crippen LogP contribution is 2.41. The summed E-state index contributed by atoms with van der Waals surface area (Å²) in [6.45, 7) is 7.47. The number of carbonyl (C=O) groups is 2. The lowest BCUT2D eigenvalue weighted by molar-refractivity contribution is 0.0897. The van der Waals surface area contributed by atoms with Crippen molar-refractivity contribution in [1.29, 1.82) is 5.26 Å². The number of nitrogens with zero attached hydrogens (tertiary/aromatic N) is 3. The molecule has 0 bridgehead atoms. The number of nitrogens with one attached hydrogen (secondary N) is 2. The molecule has 0 aliphatic carbocycles. The zero-order valence-electron chi connectivity index (χ0n) is 17.1. The molecule has 162 valence electrons. The molecule has 0 fully saturated rings. The second-order valence-corrected chi connectivity index (χ2v) is 8.77. The third-order valence-corrected chi connectivity index (χ3v) is 5.46. The van der Waals surface area contributed by atoms with Crippen molar-refractivity contribution in [2.45, 2.75) is 25.8 Å². The second kappa shape index (κ2) is 7.86. The Balaban J connectivity index is 1.65. The van der Waals surface area contributed by atoms with E-state index >= 15 is 0 Å². The molecular formula is C22H17Cl2N5O3. The summed E-state index contributed by atoms with van der Waals surface area (Å²) in [7, 11) is 0. The number of anilines is 1. The summed E-state index contributed by atoms with van der Waals surface area (Å²) in [5.74, 6) is 0.508. The van der Waals surface area contributed by atoms with Crippen LogP contribution >= 0.6 is 23.2 Å². The van der Waals surface area contributed by atoms with Crippen molar-refractivity contribution >= 4 is 46.5 Å². The fraction of sp³-hybridized carbons (Fsp3) is 0.182. The van der Waals surface area contributed by atoms with E-state index in [-0.39, 0.29) is 44.3 Å². The van der Waals surface area contributed by atoms with Gasteiger partial charge in [0.25, 0.3) is 5.91 Å². The molecule has 0 radical (unpaired) electrons. The van der Waals surface area contributed by atoms with E-state index in [0.717, 1.165) is 10.6 Å². The quantitative estimate of drug-likeness (QED) is 0.674. The molecule has 4 rings (SSSR count). The molecular weight excluding hydrogens is 453 g/mol. The molecule has 0 saturated heterocycles. The highest BCUT2D eigenvalue weighted by atomic mass is 35.5. The van der Waals surface area contributed by atoms with Crippen LogP contribution in [0.25, 0.3) is 0 Å². The van der Waals surface area contributed by atoms with Crippen LogP contribution in [-0.4, -0.2) is 23.2 Å². The van der Waals surface area contributed by atoms with Crippen molar-refractivity contribution in [3.05, 3.63) is 63.8 Å². The van der Waals surface area contributed by atoms with E-state index in [4.69, 9.17) is 33.2 Å². The van der Waals surface area contributed by atoms with Gasteiger partial charge in [0, 0.05) is 11.1 Å². The van der Waals surface area contributed by atoms with Crippen molar-refractivity contribution in [3.63, 3.8) is 0 Å². The van der Waals surface area contributed by atoms with E-state index in [9.17, 15) is 9.59 Å². The first-order valence-corrected chi connectivity index (χ1v) is 10.2. The number of halogens is 2. The fourth-order valence-electron chi connectivity index (χ4n) is 3.49. The van der Waals surface area contributed by atoms with Gasteiger partial charge >= 0.3 is 6.03 Å². The summed E-state index contributed by atoms with van der Waals surface area (Å²) < 4.78 is 5.92. The number of urea groups is 1. The van der Waals surface area contributed by atoms with Crippen LogP contribution in [0.5, 0.6) is 11.5 Å². The number of carbonyl (C=O) groups excluding carboxylic acids is 2. The first-order valence-electron chi connectivity index (χ1n) is 9.49. The lowest BCUT2D eigenvalue weighted by Crippen LogP contribution is -2.49. The summed E-state index contributed by atoms with van der Waals surface area (Å²) >= 11 is 12.8. The Morgan fingerprint density at radius 2 is 1.91 bits per heavy atom. The predicted octanol–water partition coefficient (Wildman–Crippen LogP) is 4.77.